The fraction of sp³-hybridized carbons (Fsp3) is 0.556. The van der Waals surface area contributed by atoms with Crippen molar-refractivity contribution in [3.63, 3.8) is 0 Å². The highest BCUT2D eigenvalue weighted by atomic mass is 28.4. The lowest BCUT2D eigenvalue weighted by Crippen LogP contribution is -2.51. The van der Waals surface area contributed by atoms with Crippen molar-refractivity contribution >= 4 is 26.1 Å². The van der Waals surface area contributed by atoms with Crippen molar-refractivity contribution in [3.8, 4) is 5.75 Å². The molecular formula is C18H27NO5Si. The molecule has 0 aromatic heterocycles. The van der Waals surface area contributed by atoms with Gasteiger partial charge in [-0.2, -0.15) is 0 Å². The number of rotatable bonds is 5. The second-order valence-corrected chi connectivity index (χ2v) is 12.5. The summed E-state index contributed by atoms with van der Waals surface area (Å²) in [4.78, 5) is 25.9. The van der Waals surface area contributed by atoms with E-state index in [0.717, 1.165) is 0 Å². The maximum absolute atomic E-state index is 12.3. The summed E-state index contributed by atoms with van der Waals surface area (Å²) in [6, 6.07) is 6.13. The molecule has 25 heavy (non-hydrogen) atoms. The third-order valence-corrected chi connectivity index (χ3v) is 9.56. The molecule has 1 aromatic rings. The van der Waals surface area contributed by atoms with E-state index in [1.54, 1.807) is 31.4 Å². The van der Waals surface area contributed by atoms with Crippen LogP contribution in [0.3, 0.4) is 0 Å². The number of nitrogens with zero attached hydrogens (tertiary/aromatic N) is 1. The van der Waals surface area contributed by atoms with E-state index in [1.165, 1.54) is 4.90 Å². The molecule has 0 aliphatic carbocycles. The summed E-state index contributed by atoms with van der Waals surface area (Å²) in [7, 11) is -0.528. The first-order valence-corrected chi connectivity index (χ1v) is 11.3. The van der Waals surface area contributed by atoms with Gasteiger partial charge in [0.15, 0.2) is 14.4 Å². The van der Waals surface area contributed by atoms with Crippen LogP contribution in [-0.4, -0.2) is 39.6 Å². The summed E-state index contributed by atoms with van der Waals surface area (Å²) < 4.78 is 16.3. The van der Waals surface area contributed by atoms with Gasteiger partial charge in [-0.1, -0.05) is 20.8 Å². The van der Waals surface area contributed by atoms with Crippen molar-refractivity contribution in [3.05, 3.63) is 24.3 Å². The molecule has 2 atom stereocenters. The second kappa shape index (κ2) is 6.80. The fourth-order valence-corrected chi connectivity index (χ4v) is 3.94. The lowest BCUT2D eigenvalue weighted by molar-refractivity contribution is -0.136. The van der Waals surface area contributed by atoms with Crippen LogP contribution in [0.5, 0.6) is 5.75 Å². The Morgan fingerprint density at radius 2 is 1.72 bits per heavy atom. The molecule has 1 heterocycles. The maximum atomic E-state index is 12.3. The van der Waals surface area contributed by atoms with Gasteiger partial charge in [-0.15, -0.1) is 0 Å². The Bertz CT molecular complexity index is 650. The molecule has 0 unspecified atom stereocenters. The highest BCUT2D eigenvalue weighted by Crippen LogP contribution is 2.39. The van der Waals surface area contributed by atoms with Gasteiger partial charge in [0.2, 0.25) is 0 Å². The molecule has 1 amide bonds. The Labute approximate surface area is 150 Å². The van der Waals surface area contributed by atoms with Gasteiger partial charge in [0.1, 0.15) is 5.75 Å². The van der Waals surface area contributed by atoms with Gasteiger partial charge in [-0.3, -0.25) is 4.90 Å². The highest BCUT2D eigenvalue weighted by molar-refractivity contribution is 6.74. The molecule has 1 saturated heterocycles. The molecule has 0 N–H and O–H groups in total. The van der Waals surface area contributed by atoms with E-state index >= 15 is 0 Å². The van der Waals surface area contributed by atoms with Gasteiger partial charge in [0.25, 0.3) is 0 Å². The van der Waals surface area contributed by atoms with Crippen molar-refractivity contribution in [1.29, 1.82) is 0 Å². The molecule has 138 valence electrons. The van der Waals surface area contributed by atoms with Crippen molar-refractivity contribution < 1.29 is 23.5 Å². The molecular weight excluding hydrogens is 338 g/mol. The molecule has 0 radical (unpaired) electrons. The lowest BCUT2D eigenvalue weighted by Gasteiger charge is -2.40. The largest absolute Gasteiger partial charge is 0.497 e. The van der Waals surface area contributed by atoms with Gasteiger partial charge in [0.05, 0.1) is 13.2 Å². The highest BCUT2D eigenvalue weighted by Gasteiger charge is 2.48. The minimum absolute atomic E-state index is 0.00127. The summed E-state index contributed by atoms with van der Waals surface area (Å²) in [5.41, 5.74) is 0.576. The number of esters is 1. The Kier molecular flexibility index (Phi) is 5.29. The first-order valence-electron chi connectivity index (χ1n) is 8.34. The summed E-state index contributed by atoms with van der Waals surface area (Å²) in [6.07, 6.45) is -1.15. The number of anilines is 1. The number of cyclic esters (lactones) is 2. The van der Waals surface area contributed by atoms with Crippen molar-refractivity contribution in [2.45, 2.75) is 58.0 Å². The van der Waals surface area contributed by atoms with Crippen LogP contribution in [0.15, 0.2) is 24.3 Å². The van der Waals surface area contributed by atoms with Crippen LogP contribution in [0.4, 0.5) is 10.5 Å². The molecule has 0 spiro atoms. The molecule has 6 nitrogen and oxygen atoms in total. The van der Waals surface area contributed by atoms with E-state index in [9.17, 15) is 9.59 Å². The summed E-state index contributed by atoms with van der Waals surface area (Å²) in [5.74, 6) is 0.0942. The summed E-state index contributed by atoms with van der Waals surface area (Å²) >= 11 is 0. The van der Waals surface area contributed by atoms with E-state index in [2.05, 4.69) is 33.9 Å². The van der Waals surface area contributed by atoms with Gasteiger partial charge in [-0.25, -0.2) is 9.59 Å². The van der Waals surface area contributed by atoms with E-state index in [-0.39, 0.29) is 5.04 Å². The van der Waals surface area contributed by atoms with Gasteiger partial charge in [0, 0.05) is 5.69 Å². The normalized spacial score (nSPS) is 19.8. The Hall–Kier alpha value is -1.86. The predicted octanol–water partition coefficient (Wildman–Crippen LogP) is 3.96. The second-order valence-electron chi connectivity index (χ2n) is 7.78. The number of carbonyl (C=O) groups excluding carboxylic acids is 2. The van der Waals surface area contributed by atoms with Crippen molar-refractivity contribution in [2.75, 3.05) is 12.0 Å². The van der Waals surface area contributed by atoms with Crippen LogP contribution in [0.2, 0.25) is 18.1 Å². The lowest BCUT2D eigenvalue weighted by atomic mass is 10.1. The van der Waals surface area contributed by atoms with E-state index in [4.69, 9.17) is 13.9 Å². The number of hydrogen-bond donors (Lipinski definition) is 0. The molecule has 1 aliphatic heterocycles. The number of amides is 1. The zero-order valence-electron chi connectivity index (χ0n) is 16.0. The van der Waals surface area contributed by atoms with Crippen LogP contribution < -0.4 is 9.64 Å². The number of carbonyl (C=O) groups is 2. The number of hydrogen-bond acceptors (Lipinski definition) is 5. The van der Waals surface area contributed by atoms with Crippen molar-refractivity contribution in [2.24, 2.45) is 0 Å². The molecule has 0 saturated carbocycles. The minimum Gasteiger partial charge on any atom is -0.497 e. The van der Waals surface area contributed by atoms with E-state index in [0.29, 0.717) is 11.4 Å². The van der Waals surface area contributed by atoms with E-state index < -0.39 is 32.5 Å². The average Bonchev–Trinajstić information content (AvgIpc) is 2.80. The standard InChI is InChI=1S/C18H27NO5Si/c1-12(24-25(6,7)18(2,3)4)15-16(20)23-17(21)19(15)13-8-10-14(22-5)11-9-13/h8-12,15H,1-7H3/t12-,15+/m0/s1. The van der Waals surface area contributed by atoms with Gasteiger partial charge >= 0.3 is 12.1 Å². The Balaban J connectivity index is 2.29. The van der Waals surface area contributed by atoms with Crippen LogP contribution >= 0.6 is 0 Å². The van der Waals surface area contributed by atoms with Gasteiger partial charge < -0.3 is 13.9 Å². The molecule has 7 heteroatoms. The van der Waals surface area contributed by atoms with Gasteiger partial charge in [-0.05, 0) is 49.3 Å². The molecule has 2 rings (SSSR count). The quantitative estimate of drug-likeness (QED) is 0.449. The first kappa shape index (κ1) is 19.5. The smallest absolute Gasteiger partial charge is 0.423 e. The average molecular weight is 366 g/mol. The Morgan fingerprint density at radius 3 is 2.20 bits per heavy atom. The predicted molar refractivity (Wildman–Crippen MR) is 98.5 cm³/mol. The zero-order valence-corrected chi connectivity index (χ0v) is 17.0. The van der Waals surface area contributed by atoms with Crippen molar-refractivity contribution in [1.82, 2.24) is 0 Å². The minimum atomic E-state index is -2.10. The topological polar surface area (TPSA) is 65.1 Å². The molecule has 0 bridgehead atoms. The third-order valence-electron chi connectivity index (χ3n) is 4.99. The summed E-state index contributed by atoms with van der Waals surface area (Å²) in [5, 5.41) is -0.00127. The number of benzene rings is 1. The van der Waals surface area contributed by atoms with Crippen LogP contribution in [0.1, 0.15) is 27.7 Å². The third kappa shape index (κ3) is 3.87. The molecule has 1 aliphatic rings. The van der Waals surface area contributed by atoms with Crippen LogP contribution in [-0.2, 0) is 14.0 Å². The fourth-order valence-electron chi connectivity index (χ4n) is 2.53. The maximum Gasteiger partial charge on any atom is 0.423 e. The monoisotopic (exact) mass is 365 g/mol. The molecule has 1 fully saturated rings. The Morgan fingerprint density at radius 1 is 1.16 bits per heavy atom. The van der Waals surface area contributed by atoms with E-state index in [1.807, 2.05) is 6.92 Å². The first-order chi connectivity index (χ1) is 11.5. The number of methoxy groups -OCH3 is 1. The number of ether oxygens (including phenoxy) is 2. The van der Waals surface area contributed by atoms with Crippen LogP contribution in [0.25, 0.3) is 0 Å². The summed E-state index contributed by atoms with van der Waals surface area (Å²) in [6.45, 7) is 12.4. The van der Waals surface area contributed by atoms with Crippen LogP contribution in [0, 0.1) is 0 Å². The SMILES string of the molecule is COc1ccc(N2C(=O)OC(=O)[C@H]2[C@H](C)O[Si](C)(C)C(C)(C)C)cc1. The zero-order chi connectivity index (χ0) is 19.0. The molecule has 1 aromatic carbocycles.